The quantitative estimate of drug-likeness (QED) is 0.0920. The fourth-order valence-electron chi connectivity index (χ4n) is 4.68. The molecule has 1 aliphatic rings. The Kier molecular flexibility index (Phi) is 17.1. The van der Waals surface area contributed by atoms with Crippen molar-refractivity contribution in [2.75, 3.05) is 32.7 Å². The van der Waals surface area contributed by atoms with E-state index in [1.807, 2.05) is 19.1 Å². The van der Waals surface area contributed by atoms with Gasteiger partial charge >= 0.3 is 0 Å². The van der Waals surface area contributed by atoms with Gasteiger partial charge in [-0.1, -0.05) is 49.2 Å². The lowest BCUT2D eigenvalue weighted by atomic mass is 10.1. The number of carbonyl (C=O) groups excluding carboxylic acids is 7. The van der Waals surface area contributed by atoms with Gasteiger partial charge in [-0.3, -0.25) is 33.6 Å². The number of primary amides is 1. The van der Waals surface area contributed by atoms with Crippen molar-refractivity contribution in [2.24, 2.45) is 5.73 Å². The Morgan fingerprint density at radius 2 is 1.39 bits per heavy atom. The molecule has 2 rings (SSSR count). The number of amides is 7. The molecule has 1 aliphatic heterocycles. The number of nitrogens with two attached hydrogens (primary N) is 1. The molecular weight excluding hydrogens is 594 g/mol. The summed E-state index contributed by atoms with van der Waals surface area (Å²) in [4.78, 5) is 86.3. The molecule has 7 amide bonds. The van der Waals surface area contributed by atoms with E-state index in [-0.39, 0.29) is 49.7 Å². The molecule has 7 N–H and O–H groups in total. The van der Waals surface area contributed by atoms with E-state index < -0.39 is 36.2 Å². The summed E-state index contributed by atoms with van der Waals surface area (Å²) in [7, 11) is 0. The van der Waals surface area contributed by atoms with E-state index in [0.717, 1.165) is 24.8 Å². The van der Waals surface area contributed by atoms with E-state index in [1.54, 1.807) is 35.2 Å². The van der Waals surface area contributed by atoms with Crippen LogP contribution in [0.2, 0.25) is 0 Å². The molecular formula is C32H47N7O7. The molecule has 1 aromatic rings. The average molecular weight is 642 g/mol. The minimum absolute atomic E-state index is 0.00249. The van der Waals surface area contributed by atoms with E-state index in [0.29, 0.717) is 38.8 Å². The highest BCUT2D eigenvalue weighted by atomic mass is 16.2. The van der Waals surface area contributed by atoms with Crippen LogP contribution in [0.4, 0.5) is 0 Å². The Morgan fingerprint density at radius 3 is 2.09 bits per heavy atom. The van der Waals surface area contributed by atoms with Gasteiger partial charge in [-0.2, -0.15) is 0 Å². The summed E-state index contributed by atoms with van der Waals surface area (Å²) in [5.74, 6) is -2.79. The number of benzene rings is 1. The molecule has 2 atom stereocenters. The van der Waals surface area contributed by atoms with Crippen LogP contribution in [0, 0.1) is 0 Å². The summed E-state index contributed by atoms with van der Waals surface area (Å²) in [5.41, 5.74) is 5.89. The highest BCUT2D eigenvalue weighted by Gasteiger charge is 2.23. The molecule has 1 unspecified atom stereocenters. The van der Waals surface area contributed by atoms with Crippen molar-refractivity contribution in [2.45, 2.75) is 76.8 Å². The van der Waals surface area contributed by atoms with Gasteiger partial charge in [-0.15, -0.1) is 0 Å². The molecule has 0 aromatic heterocycles. The fourth-order valence-corrected chi connectivity index (χ4v) is 4.68. The zero-order chi connectivity index (χ0) is 33.7. The Labute approximate surface area is 269 Å². The molecule has 0 bridgehead atoms. The van der Waals surface area contributed by atoms with Crippen LogP contribution in [0.15, 0.2) is 42.5 Å². The molecule has 0 saturated carbocycles. The number of nitrogens with zero attached hydrogens (tertiary/aromatic N) is 1. The predicted molar refractivity (Wildman–Crippen MR) is 171 cm³/mol. The minimum atomic E-state index is -1.00. The van der Waals surface area contributed by atoms with Crippen molar-refractivity contribution in [3.05, 3.63) is 48.0 Å². The van der Waals surface area contributed by atoms with E-state index in [9.17, 15) is 33.6 Å². The van der Waals surface area contributed by atoms with Gasteiger partial charge < -0.3 is 37.2 Å². The van der Waals surface area contributed by atoms with E-state index in [4.69, 9.17) is 5.73 Å². The lowest BCUT2D eigenvalue weighted by molar-refractivity contribution is -0.131. The first kappa shape index (κ1) is 37.4. The Bertz CT molecular complexity index is 1220. The van der Waals surface area contributed by atoms with E-state index >= 15 is 0 Å². The number of nitrogens with one attached hydrogen (secondary N) is 5. The Morgan fingerprint density at radius 1 is 0.761 bits per heavy atom. The molecule has 14 heteroatoms. The first-order valence-electron chi connectivity index (χ1n) is 15.7. The standard InChI is InChI=1S/C32H47N7O7/c1-23-15-16-31(45)39(23)18-10-4-8-14-27(41)35-20-29(43)36-22-30(44)38-25(19-24-11-5-2-6-12-24)32(46)37-21-28(42)34-17-9-3-7-13-26(33)40/h2,5-6,11-12,15-16,23,25H,3-4,7-10,13-14,17-22H2,1H3,(H2,33,40)(H,34,42)(H,35,41)(H,36,43)(H,37,46)(H,38,44)/t23-,25?/m1/s1. The lowest BCUT2D eigenvalue weighted by Crippen LogP contribution is -2.52. The summed E-state index contributed by atoms with van der Waals surface area (Å²) in [6.45, 7) is 1.97. The van der Waals surface area contributed by atoms with Gasteiger partial charge in [-0.25, -0.2) is 0 Å². The maximum atomic E-state index is 12.9. The van der Waals surface area contributed by atoms with Crippen LogP contribution in [0.5, 0.6) is 0 Å². The van der Waals surface area contributed by atoms with Crippen LogP contribution in [0.3, 0.4) is 0 Å². The number of hydrogen-bond donors (Lipinski definition) is 6. The normalized spacial score (nSPS) is 14.3. The van der Waals surface area contributed by atoms with Crippen molar-refractivity contribution in [1.29, 1.82) is 0 Å². The SMILES string of the molecule is C[C@@H]1C=CC(=O)N1CCCCCC(=O)NCC(=O)NCC(=O)NC(Cc1ccccc1)C(=O)NCC(=O)NCCCCCC(N)=O. The summed E-state index contributed by atoms with van der Waals surface area (Å²) >= 11 is 0. The highest BCUT2D eigenvalue weighted by Crippen LogP contribution is 2.12. The molecule has 0 fully saturated rings. The number of hydrogen-bond acceptors (Lipinski definition) is 7. The second kappa shape index (κ2) is 21.1. The average Bonchev–Trinajstić information content (AvgIpc) is 3.35. The van der Waals surface area contributed by atoms with Gasteiger partial charge in [-0.05, 0) is 38.2 Å². The van der Waals surface area contributed by atoms with Crippen molar-refractivity contribution in [3.8, 4) is 0 Å². The first-order valence-corrected chi connectivity index (χ1v) is 15.7. The van der Waals surface area contributed by atoms with Gasteiger partial charge in [0.05, 0.1) is 19.6 Å². The molecule has 0 saturated heterocycles. The molecule has 14 nitrogen and oxygen atoms in total. The molecule has 1 aromatic carbocycles. The molecule has 1 heterocycles. The van der Waals surface area contributed by atoms with Crippen LogP contribution < -0.4 is 32.3 Å². The van der Waals surface area contributed by atoms with Crippen molar-refractivity contribution in [1.82, 2.24) is 31.5 Å². The van der Waals surface area contributed by atoms with Gasteiger partial charge in [0.15, 0.2) is 0 Å². The van der Waals surface area contributed by atoms with Gasteiger partial charge in [0.1, 0.15) is 6.04 Å². The van der Waals surface area contributed by atoms with Crippen LogP contribution in [-0.4, -0.2) is 91.1 Å². The fraction of sp³-hybridized carbons (Fsp3) is 0.531. The molecule has 0 spiro atoms. The highest BCUT2D eigenvalue weighted by molar-refractivity contribution is 5.93. The smallest absolute Gasteiger partial charge is 0.246 e. The number of rotatable bonds is 22. The largest absolute Gasteiger partial charge is 0.370 e. The predicted octanol–water partition coefficient (Wildman–Crippen LogP) is -0.428. The van der Waals surface area contributed by atoms with E-state index in [2.05, 4.69) is 26.6 Å². The van der Waals surface area contributed by atoms with E-state index in [1.165, 1.54) is 0 Å². The van der Waals surface area contributed by atoms with Crippen LogP contribution in [0.1, 0.15) is 63.9 Å². The minimum Gasteiger partial charge on any atom is -0.370 e. The zero-order valence-corrected chi connectivity index (χ0v) is 26.5. The van der Waals surface area contributed by atoms with Crippen molar-refractivity contribution < 1.29 is 33.6 Å². The maximum absolute atomic E-state index is 12.9. The summed E-state index contributed by atoms with van der Waals surface area (Å²) in [6, 6.07) is 8.10. The Balaban J connectivity index is 1.68. The maximum Gasteiger partial charge on any atom is 0.246 e. The molecule has 252 valence electrons. The van der Waals surface area contributed by atoms with Crippen LogP contribution in [-0.2, 0) is 40.0 Å². The second-order valence-corrected chi connectivity index (χ2v) is 11.2. The van der Waals surface area contributed by atoms with Gasteiger partial charge in [0, 0.05) is 44.5 Å². The topological polar surface area (TPSA) is 209 Å². The third kappa shape index (κ3) is 15.8. The summed E-state index contributed by atoms with van der Waals surface area (Å²) < 4.78 is 0. The summed E-state index contributed by atoms with van der Waals surface area (Å²) in [6.07, 6.45) is 8.30. The van der Waals surface area contributed by atoms with Crippen molar-refractivity contribution in [3.63, 3.8) is 0 Å². The summed E-state index contributed by atoms with van der Waals surface area (Å²) in [5, 5.41) is 12.8. The molecule has 0 radical (unpaired) electrons. The molecule has 46 heavy (non-hydrogen) atoms. The molecule has 0 aliphatic carbocycles. The monoisotopic (exact) mass is 641 g/mol. The third-order valence-corrected chi connectivity index (χ3v) is 7.27. The Hall–Kier alpha value is -4.75. The van der Waals surface area contributed by atoms with Crippen LogP contribution >= 0.6 is 0 Å². The third-order valence-electron chi connectivity index (χ3n) is 7.27. The zero-order valence-electron chi connectivity index (χ0n) is 26.5. The lowest BCUT2D eigenvalue weighted by Gasteiger charge is -2.21. The number of unbranched alkanes of at least 4 members (excludes halogenated alkanes) is 4. The number of carbonyl (C=O) groups is 7. The first-order chi connectivity index (χ1) is 22.0. The van der Waals surface area contributed by atoms with Gasteiger partial charge in [0.2, 0.25) is 41.4 Å². The van der Waals surface area contributed by atoms with Gasteiger partial charge in [0.25, 0.3) is 0 Å². The second-order valence-electron chi connectivity index (χ2n) is 11.2. The van der Waals surface area contributed by atoms with Crippen molar-refractivity contribution >= 4 is 41.4 Å². The van der Waals surface area contributed by atoms with Crippen LogP contribution in [0.25, 0.3) is 0 Å².